The number of amides is 1. The lowest BCUT2D eigenvalue weighted by Gasteiger charge is -2.31. The number of aryl methyl sites for hydroxylation is 2. The predicted molar refractivity (Wildman–Crippen MR) is 72.9 cm³/mol. The van der Waals surface area contributed by atoms with E-state index in [1.54, 1.807) is 18.8 Å². The molecule has 1 saturated heterocycles. The number of hydrogen-bond acceptors (Lipinski definition) is 4. The van der Waals surface area contributed by atoms with E-state index < -0.39 is 0 Å². The fourth-order valence-corrected chi connectivity index (χ4v) is 2.58. The molecule has 1 aromatic heterocycles. The van der Waals surface area contributed by atoms with Crippen molar-refractivity contribution in [1.29, 1.82) is 0 Å². The van der Waals surface area contributed by atoms with E-state index >= 15 is 0 Å². The SMILES string of the molecule is CCc1nn(C)c(C(=O)N2CCCC(OC)C2)c1N. The van der Waals surface area contributed by atoms with E-state index in [-0.39, 0.29) is 12.0 Å². The number of piperidine rings is 1. The Hall–Kier alpha value is -1.56. The van der Waals surface area contributed by atoms with Crippen molar-refractivity contribution in [2.24, 2.45) is 7.05 Å². The molecule has 19 heavy (non-hydrogen) atoms. The highest BCUT2D eigenvalue weighted by Crippen LogP contribution is 2.21. The van der Waals surface area contributed by atoms with Gasteiger partial charge in [-0.25, -0.2) is 0 Å². The lowest BCUT2D eigenvalue weighted by atomic mass is 10.1. The van der Waals surface area contributed by atoms with E-state index in [1.807, 2.05) is 11.8 Å². The summed E-state index contributed by atoms with van der Waals surface area (Å²) in [5.41, 5.74) is 7.81. The largest absolute Gasteiger partial charge is 0.395 e. The van der Waals surface area contributed by atoms with Crippen molar-refractivity contribution in [3.05, 3.63) is 11.4 Å². The highest BCUT2D eigenvalue weighted by Gasteiger charge is 2.28. The van der Waals surface area contributed by atoms with Crippen LogP contribution in [0.2, 0.25) is 0 Å². The highest BCUT2D eigenvalue weighted by atomic mass is 16.5. The molecule has 0 bridgehead atoms. The zero-order valence-corrected chi connectivity index (χ0v) is 11.8. The molecule has 1 fully saturated rings. The third-order valence-corrected chi connectivity index (χ3v) is 3.70. The van der Waals surface area contributed by atoms with E-state index in [9.17, 15) is 4.79 Å². The molecule has 2 rings (SSSR count). The van der Waals surface area contributed by atoms with Crippen molar-refractivity contribution in [3.63, 3.8) is 0 Å². The first kappa shape index (κ1) is 13.9. The minimum absolute atomic E-state index is 0.0473. The lowest BCUT2D eigenvalue weighted by Crippen LogP contribution is -2.43. The summed E-state index contributed by atoms with van der Waals surface area (Å²) < 4.78 is 6.94. The fourth-order valence-electron chi connectivity index (χ4n) is 2.58. The predicted octanol–water partition coefficient (Wildman–Crippen LogP) is 0.816. The van der Waals surface area contributed by atoms with Gasteiger partial charge in [-0.3, -0.25) is 9.48 Å². The number of carbonyl (C=O) groups is 1. The highest BCUT2D eigenvalue weighted by molar-refractivity contribution is 5.98. The number of carbonyl (C=O) groups excluding carboxylic acids is 1. The van der Waals surface area contributed by atoms with Crippen molar-refractivity contribution < 1.29 is 9.53 Å². The van der Waals surface area contributed by atoms with Crippen LogP contribution in [0.3, 0.4) is 0 Å². The molecule has 1 aliphatic rings. The number of ether oxygens (including phenoxy) is 1. The number of aromatic nitrogens is 2. The molecule has 2 heterocycles. The molecule has 0 radical (unpaired) electrons. The van der Waals surface area contributed by atoms with Gasteiger partial charge in [-0.1, -0.05) is 6.92 Å². The lowest BCUT2D eigenvalue weighted by molar-refractivity contribution is 0.0263. The quantitative estimate of drug-likeness (QED) is 0.879. The number of hydrogen-bond donors (Lipinski definition) is 1. The summed E-state index contributed by atoms with van der Waals surface area (Å²) in [6.07, 6.45) is 2.82. The van der Waals surface area contributed by atoms with Gasteiger partial charge >= 0.3 is 0 Å². The molecule has 6 heteroatoms. The Kier molecular flexibility index (Phi) is 4.09. The molecule has 6 nitrogen and oxygen atoms in total. The second-order valence-electron chi connectivity index (χ2n) is 4.94. The van der Waals surface area contributed by atoms with Crippen LogP contribution in [0.1, 0.15) is 35.9 Å². The van der Waals surface area contributed by atoms with Gasteiger partial charge < -0.3 is 15.4 Å². The molecule has 0 saturated carbocycles. The van der Waals surface area contributed by atoms with Crippen molar-refractivity contribution in [2.45, 2.75) is 32.3 Å². The maximum Gasteiger partial charge on any atom is 0.274 e. The first-order valence-electron chi connectivity index (χ1n) is 6.71. The fraction of sp³-hybridized carbons (Fsp3) is 0.692. The molecule has 0 aromatic carbocycles. The molecule has 1 amide bonds. The molecule has 0 spiro atoms. The standard InChI is InChI=1S/C13H22N4O2/c1-4-10-11(14)12(16(2)15-10)13(18)17-7-5-6-9(8-17)19-3/h9H,4-8,14H2,1-3H3. The minimum atomic E-state index is -0.0473. The number of nitrogens with two attached hydrogens (primary N) is 1. The number of anilines is 1. The van der Waals surface area contributed by atoms with Crippen LogP contribution in [0.15, 0.2) is 0 Å². The first-order valence-corrected chi connectivity index (χ1v) is 6.71. The molecular weight excluding hydrogens is 244 g/mol. The van der Waals surface area contributed by atoms with Gasteiger partial charge in [0, 0.05) is 27.2 Å². The normalized spacial score (nSPS) is 19.7. The van der Waals surface area contributed by atoms with Crippen LogP contribution in [-0.4, -0.2) is 46.9 Å². The smallest absolute Gasteiger partial charge is 0.274 e. The Balaban J connectivity index is 2.22. The number of methoxy groups -OCH3 is 1. The van der Waals surface area contributed by atoms with Crippen LogP contribution in [0.5, 0.6) is 0 Å². The molecule has 2 N–H and O–H groups in total. The van der Waals surface area contributed by atoms with Crippen LogP contribution < -0.4 is 5.73 Å². The van der Waals surface area contributed by atoms with Gasteiger partial charge in [0.2, 0.25) is 0 Å². The van der Waals surface area contributed by atoms with Crippen molar-refractivity contribution in [2.75, 3.05) is 25.9 Å². The van der Waals surface area contributed by atoms with E-state index in [0.29, 0.717) is 17.9 Å². The van der Waals surface area contributed by atoms with Gasteiger partial charge in [0.15, 0.2) is 0 Å². The van der Waals surface area contributed by atoms with Gasteiger partial charge in [-0.15, -0.1) is 0 Å². The van der Waals surface area contributed by atoms with Gasteiger partial charge in [-0.2, -0.15) is 5.10 Å². The summed E-state index contributed by atoms with van der Waals surface area (Å²) in [4.78, 5) is 14.4. The van der Waals surface area contributed by atoms with E-state index in [1.165, 1.54) is 0 Å². The Morgan fingerprint density at radius 3 is 2.89 bits per heavy atom. The second-order valence-corrected chi connectivity index (χ2v) is 4.94. The average Bonchev–Trinajstić information content (AvgIpc) is 2.72. The molecule has 1 atom stereocenters. The van der Waals surface area contributed by atoms with Crippen molar-refractivity contribution in [3.8, 4) is 0 Å². The molecule has 0 aliphatic carbocycles. The zero-order valence-electron chi connectivity index (χ0n) is 11.8. The maximum atomic E-state index is 12.6. The summed E-state index contributed by atoms with van der Waals surface area (Å²) in [6, 6.07) is 0. The monoisotopic (exact) mass is 266 g/mol. The third kappa shape index (κ3) is 2.58. The van der Waals surface area contributed by atoms with Gasteiger partial charge in [0.1, 0.15) is 5.69 Å². The summed E-state index contributed by atoms with van der Waals surface area (Å²) in [5, 5.41) is 4.30. The van der Waals surface area contributed by atoms with E-state index in [0.717, 1.165) is 31.5 Å². The van der Waals surface area contributed by atoms with Gasteiger partial charge in [-0.05, 0) is 19.3 Å². The Morgan fingerprint density at radius 2 is 2.32 bits per heavy atom. The number of rotatable bonds is 3. The third-order valence-electron chi connectivity index (χ3n) is 3.70. The molecule has 1 aliphatic heterocycles. The average molecular weight is 266 g/mol. The van der Waals surface area contributed by atoms with Crippen molar-refractivity contribution in [1.82, 2.24) is 14.7 Å². The van der Waals surface area contributed by atoms with Crippen LogP contribution in [0.4, 0.5) is 5.69 Å². The van der Waals surface area contributed by atoms with Crippen LogP contribution in [0, 0.1) is 0 Å². The Labute approximate surface area is 113 Å². The maximum absolute atomic E-state index is 12.6. The molecule has 1 aromatic rings. The molecule has 106 valence electrons. The van der Waals surface area contributed by atoms with Crippen LogP contribution in [-0.2, 0) is 18.2 Å². The summed E-state index contributed by atoms with van der Waals surface area (Å²) in [7, 11) is 3.45. The van der Waals surface area contributed by atoms with Crippen molar-refractivity contribution >= 4 is 11.6 Å². The number of nitrogen functional groups attached to an aromatic ring is 1. The molecule has 1 unspecified atom stereocenters. The summed E-state index contributed by atoms with van der Waals surface area (Å²) in [6.45, 7) is 3.36. The van der Waals surface area contributed by atoms with Gasteiger partial charge in [0.05, 0.1) is 17.5 Å². The number of nitrogens with zero attached hydrogens (tertiary/aromatic N) is 3. The first-order chi connectivity index (χ1) is 9.08. The minimum Gasteiger partial charge on any atom is -0.395 e. The number of likely N-dealkylation sites (tertiary alicyclic amines) is 1. The molecular formula is C13H22N4O2. The van der Waals surface area contributed by atoms with E-state index in [2.05, 4.69) is 5.10 Å². The van der Waals surface area contributed by atoms with Gasteiger partial charge in [0.25, 0.3) is 5.91 Å². The second kappa shape index (κ2) is 5.61. The zero-order chi connectivity index (χ0) is 14.0. The van der Waals surface area contributed by atoms with Crippen LogP contribution in [0.25, 0.3) is 0 Å². The Bertz CT molecular complexity index is 469. The topological polar surface area (TPSA) is 73.4 Å². The van der Waals surface area contributed by atoms with E-state index in [4.69, 9.17) is 10.5 Å². The summed E-state index contributed by atoms with van der Waals surface area (Å²) in [5.74, 6) is -0.0473. The Morgan fingerprint density at radius 1 is 1.58 bits per heavy atom. The summed E-state index contributed by atoms with van der Waals surface area (Å²) >= 11 is 0. The van der Waals surface area contributed by atoms with Crippen LogP contribution >= 0.6 is 0 Å².